The molecule has 1 aromatic heterocycles. The number of esters is 1. The molecule has 2 aromatic carbocycles. The lowest BCUT2D eigenvalue weighted by Gasteiger charge is -2.29. The highest BCUT2D eigenvalue weighted by atomic mass is 32.1. The van der Waals surface area contributed by atoms with Gasteiger partial charge >= 0.3 is 5.97 Å². The number of hydrogen-bond acceptors (Lipinski definition) is 7. The van der Waals surface area contributed by atoms with Crippen molar-refractivity contribution in [3.63, 3.8) is 0 Å². The second kappa shape index (κ2) is 9.72. The molecule has 0 saturated heterocycles. The van der Waals surface area contributed by atoms with Crippen LogP contribution in [0.4, 0.5) is 5.69 Å². The summed E-state index contributed by atoms with van der Waals surface area (Å²) in [7, 11) is 0. The van der Waals surface area contributed by atoms with Crippen LogP contribution in [0, 0.1) is 0 Å². The van der Waals surface area contributed by atoms with E-state index in [1.807, 2.05) is 54.8 Å². The number of carbonyl (C=O) groups is 2. The van der Waals surface area contributed by atoms with Crippen molar-refractivity contribution in [2.45, 2.75) is 6.92 Å². The maximum atomic E-state index is 12.5. The van der Waals surface area contributed by atoms with Crippen LogP contribution in [0.1, 0.15) is 6.92 Å². The van der Waals surface area contributed by atoms with Crippen LogP contribution in [-0.2, 0) is 19.1 Å². The van der Waals surface area contributed by atoms with Gasteiger partial charge in [0.15, 0.2) is 6.61 Å². The van der Waals surface area contributed by atoms with Gasteiger partial charge < -0.3 is 14.2 Å². The predicted molar refractivity (Wildman–Crippen MR) is 118 cm³/mol. The van der Waals surface area contributed by atoms with Crippen LogP contribution in [0.3, 0.4) is 0 Å². The predicted octanol–water partition coefficient (Wildman–Crippen LogP) is 3.78. The van der Waals surface area contributed by atoms with Crippen LogP contribution in [0.25, 0.3) is 21.8 Å². The Morgan fingerprint density at radius 2 is 2.00 bits per heavy atom. The summed E-state index contributed by atoms with van der Waals surface area (Å²) < 4.78 is 15.9. The highest BCUT2D eigenvalue weighted by Crippen LogP contribution is 2.37. The zero-order valence-electron chi connectivity index (χ0n) is 17.1. The van der Waals surface area contributed by atoms with Gasteiger partial charge in [-0.15, -0.1) is 11.3 Å². The minimum atomic E-state index is -0.494. The van der Waals surface area contributed by atoms with Gasteiger partial charge in [-0.05, 0) is 25.1 Å². The Morgan fingerprint density at radius 1 is 1.16 bits per heavy atom. The Kier molecular flexibility index (Phi) is 6.59. The van der Waals surface area contributed by atoms with E-state index in [2.05, 4.69) is 0 Å². The van der Waals surface area contributed by atoms with E-state index < -0.39 is 5.97 Å². The fourth-order valence-electron chi connectivity index (χ4n) is 3.19. The van der Waals surface area contributed by atoms with Crippen molar-refractivity contribution >= 4 is 28.9 Å². The van der Waals surface area contributed by atoms with Crippen LogP contribution < -0.4 is 9.64 Å². The molecule has 1 aliphatic heterocycles. The molecule has 1 aliphatic rings. The lowest BCUT2D eigenvalue weighted by Crippen LogP contribution is -2.42. The molecule has 7 nitrogen and oxygen atoms in total. The zero-order chi connectivity index (χ0) is 21.6. The summed E-state index contributed by atoms with van der Waals surface area (Å²) in [4.78, 5) is 30.8. The number of carbonyl (C=O) groups excluding carboxylic acids is 2. The van der Waals surface area contributed by atoms with E-state index in [0.29, 0.717) is 24.7 Å². The second-order valence-electron chi connectivity index (χ2n) is 6.77. The third kappa shape index (κ3) is 4.92. The fraction of sp³-hybridized carbons (Fsp3) is 0.261. The van der Waals surface area contributed by atoms with E-state index in [0.717, 1.165) is 21.8 Å². The number of anilines is 1. The molecule has 0 N–H and O–H groups in total. The van der Waals surface area contributed by atoms with Crippen molar-refractivity contribution in [2.24, 2.45) is 0 Å². The van der Waals surface area contributed by atoms with Crippen molar-refractivity contribution < 1.29 is 23.8 Å². The Morgan fingerprint density at radius 3 is 2.81 bits per heavy atom. The number of benzene rings is 2. The van der Waals surface area contributed by atoms with Gasteiger partial charge in [0.25, 0.3) is 5.91 Å². The van der Waals surface area contributed by atoms with Crippen LogP contribution in [-0.4, -0.2) is 49.8 Å². The summed E-state index contributed by atoms with van der Waals surface area (Å²) >= 11 is 1.55. The first-order chi connectivity index (χ1) is 15.2. The summed E-state index contributed by atoms with van der Waals surface area (Å²) in [6, 6.07) is 15.5. The molecule has 0 bridgehead atoms. The fourth-order valence-corrected chi connectivity index (χ4v) is 4.02. The first kappa shape index (κ1) is 21.0. The number of nitrogens with zero attached hydrogens (tertiary/aromatic N) is 2. The molecule has 0 unspecified atom stereocenters. The van der Waals surface area contributed by atoms with Crippen LogP contribution in [0.5, 0.6) is 5.75 Å². The van der Waals surface area contributed by atoms with E-state index in [1.165, 1.54) is 4.90 Å². The Bertz CT molecular complexity index is 1070. The summed E-state index contributed by atoms with van der Waals surface area (Å²) in [6.45, 7) is 2.60. The molecule has 31 heavy (non-hydrogen) atoms. The molecule has 0 radical (unpaired) electrons. The molecule has 0 saturated carbocycles. The molecule has 8 heteroatoms. The largest absolute Gasteiger partial charge is 0.482 e. The molecule has 0 aliphatic carbocycles. The van der Waals surface area contributed by atoms with Crippen molar-refractivity contribution in [2.75, 3.05) is 37.9 Å². The van der Waals surface area contributed by atoms with Crippen molar-refractivity contribution in [3.8, 4) is 27.6 Å². The summed E-state index contributed by atoms with van der Waals surface area (Å²) in [6.07, 6.45) is 0. The number of rotatable bonds is 8. The molecule has 4 rings (SSSR count). The molecular formula is C23H22N2O5S. The van der Waals surface area contributed by atoms with Crippen LogP contribution in [0.2, 0.25) is 0 Å². The van der Waals surface area contributed by atoms with Crippen molar-refractivity contribution in [1.82, 2.24) is 4.98 Å². The van der Waals surface area contributed by atoms with Gasteiger partial charge in [0, 0.05) is 23.1 Å². The second-order valence-corrected chi connectivity index (χ2v) is 7.63. The normalized spacial score (nSPS) is 12.9. The smallest absolute Gasteiger partial charge is 0.326 e. The number of thiazole rings is 1. The molecule has 160 valence electrons. The molecule has 0 atom stereocenters. The third-order valence-electron chi connectivity index (χ3n) is 4.70. The highest BCUT2D eigenvalue weighted by Gasteiger charge is 2.28. The SMILES string of the molecule is CCOCCOC(=O)CN1C(=O)COc2ccc(-c3csc(-c4ccccc4)n3)cc21. The standard InChI is InChI=1S/C23H22N2O5S/c1-2-28-10-11-29-22(27)13-25-19-12-17(8-9-20(19)30-14-21(25)26)18-15-31-23(24-18)16-6-4-3-5-7-16/h3-9,12,15H,2,10-11,13-14H2,1H3. The number of ether oxygens (including phenoxy) is 3. The van der Waals surface area contributed by atoms with E-state index in [-0.39, 0.29) is 25.7 Å². The van der Waals surface area contributed by atoms with Gasteiger partial charge in [0.2, 0.25) is 0 Å². The average Bonchev–Trinajstić information content (AvgIpc) is 3.29. The van der Waals surface area contributed by atoms with Crippen molar-refractivity contribution in [1.29, 1.82) is 0 Å². The highest BCUT2D eigenvalue weighted by molar-refractivity contribution is 7.13. The molecule has 0 fully saturated rings. The Hall–Kier alpha value is -3.23. The van der Waals surface area contributed by atoms with Gasteiger partial charge in [-0.1, -0.05) is 30.3 Å². The quantitative estimate of drug-likeness (QED) is 0.393. The molecular weight excluding hydrogens is 416 g/mol. The third-order valence-corrected chi connectivity index (χ3v) is 5.60. The summed E-state index contributed by atoms with van der Waals surface area (Å²) in [5.41, 5.74) is 3.21. The number of aromatic nitrogens is 1. The van der Waals surface area contributed by atoms with E-state index >= 15 is 0 Å². The number of amides is 1. The summed E-state index contributed by atoms with van der Waals surface area (Å²) in [5, 5.41) is 2.89. The Balaban J connectivity index is 1.54. The Labute approximate surface area is 184 Å². The van der Waals surface area contributed by atoms with E-state index in [9.17, 15) is 9.59 Å². The van der Waals surface area contributed by atoms with E-state index in [4.69, 9.17) is 19.2 Å². The molecule has 0 spiro atoms. The minimum Gasteiger partial charge on any atom is -0.482 e. The minimum absolute atomic E-state index is 0.118. The van der Waals surface area contributed by atoms with Crippen LogP contribution >= 0.6 is 11.3 Å². The van der Waals surface area contributed by atoms with Gasteiger partial charge in [0.05, 0.1) is 18.0 Å². The van der Waals surface area contributed by atoms with Gasteiger partial charge in [0.1, 0.15) is 23.9 Å². The van der Waals surface area contributed by atoms with Crippen molar-refractivity contribution in [3.05, 3.63) is 53.9 Å². The molecule has 2 heterocycles. The van der Waals surface area contributed by atoms with Crippen LogP contribution in [0.15, 0.2) is 53.9 Å². The first-order valence-electron chi connectivity index (χ1n) is 9.97. The maximum Gasteiger partial charge on any atom is 0.326 e. The average molecular weight is 439 g/mol. The maximum absolute atomic E-state index is 12.5. The monoisotopic (exact) mass is 438 g/mol. The first-order valence-corrected chi connectivity index (χ1v) is 10.9. The topological polar surface area (TPSA) is 78.0 Å². The lowest BCUT2D eigenvalue weighted by atomic mass is 10.1. The van der Waals surface area contributed by atoms with Gasteiger partial charge in [-0.25, -0.2) is 4.98 Å². The number of hydrogen-bond donors (Lipinski definition) is 0. The lowest BCUT2D eigenvalue weighted by molar-refractivity contribution is -0.144. The van der Waals surface area contributed by atoms with Gasteiger partial charge in [-0.2, -0.15) is 0 Å². The zero-order valence-corrected chi connectivity index (χ0v) is 17.9. The molecule has 3 aromatic rings. The van der Waals surface area contributed by atoms with E-state index in [1.54, 1.807) is 17.4 Å². The van der Waals surface area contributed by atoms with Gasteiger partial charge in [-0.3, -0.25) is 14.5 Å². The summed E-state index contributed by atoms with van der Waals surface area (Å²) in [5.74, 6) is -0.245. The number of fused-ring (bicyclic) bond motifs is 1. The molecule has 1 amide bonds.